The van der Waals surface area contributed by atoms with Gasteiger partial charge in [0.05, 0.1) is 0 Å². The number of nitrogens with two attached hydrogens (primary N) is 1. The molecule has 100 valence electrons. The molecule has 1 aromatic rings. The highest BCUT2D eigenvalue weighted by Gasteiger charge is 2.28. The van der Waals surface area contributed by atoms with Crippen molar-refractivity contribution in [2.45, 2.75) is 32.4 Å². The zero-order valence-electron chi connectivity index (χ0n) is 10.7. The van der Waals surface area contributed by atoms with Crippen molar-refractivity contribution in [2.75, 3.05) is 13.1 Å². The summed E-state index contributed by atoms with van der Waals surface area (Å²) >= 11 is 12.5. The molecule has 1 aliphatic heterocycles. The number of likely N-dealkylation sites (tertiary alicyclic amines) is 1. The van der Waals surface area contributed by atoms with Crippen LogP contribution in [0.1, 0.15) is 25.3 Å². The number of nitrogens with zero attached hydrogens (tertiary/aromatic N) is 1. The van der Waals surface area contributed by atoms with Crippen molar-refractivity contribution < 1.29 is 0 Å². The van der Waals surface area contributed by atoms with Gasteiger partial charge in [0.25, 0.3) is 0 Å². The maximum Gasteiger partial charge on any atom is 0.0465 e. The molecule has 2 rings (SSSR count). The van der Waals surface area contributed by atoms with Gasteiger partial charge in [-0.2, -0.15) is 0 Å². The Morgan fingerprint density at radius 1 is 1.33 bits per heavy atom. The van der Waals surface area contributed by atoms with E-state index in [9.17, 15) is 0 Å². The molecular formula is C14H20Cl2N2. The summed E-state index contributed by atoms with van der Waals surface area (Å²) in [5.74, 6) is 0.644. The molecule has 1 heterocycles. The second-order valence-corrected chi connectivity index (χ2v) is 5.91. The highest BCUT2D eigenvalue weighted by atomic mass is 35.5. The molecule has 2 nitrogen and oxygen atoms in total. The number of hydrogen-bond donors (Lipinski definition) is 1. The minimum atomic E-state index is 0.436. The predicted octanol–water partition coefficient (Wildman–Crippen LogP) is 3.55. The van der Waals surface area contributed by atoms with Crippen LogP contribution in [0, 0.1) is 5.92 Å². The Balaban J connectivity index is 2.17. The van der Waals surface area contributed by atoms with Crippen molar-refractivity contribution in [3.05, 3.63) is 33.8 Å². The molecule has 18 heavy (non-hydrogen) atoms. The monoisotopic (exact) mass is 286 g/mol. The van der Waals surface area contributed by atoms with Crippen LogP contribution in [0.15, 0.2) is 18.2 Å². The van der Waals surface area contributed by atoms with Gasteiger partial charge in [0.1, 0.15) is 0 Å². The lowest BCUT2D eigenvalue weighted by Crippen LogP contribution is -2.48. The van der Waals surface area contributed by atoms with E-state index in [1.54, 1.807) is 0 Å². The Morgan fingerprint density at radius 2 is 2.00 bits per heavy atom. The summed E-state index contributed by atoms with van der Waals surface area (Å²) in [5.41, 5.74) is 6.93. The fourth-order valence-corrected chi connectivity index (χ4v) is 3.32. The lowest BCUT2D eigenvalue weighted by Gasteiger charge is -2.39. The SMILES string of the molecule is CC1CCCN(Cc2c(Cl)cccc2Cl)C1CN. The van der Waals surface area contributed by atoms with Crippen molar-refractivity contribution >= 4 is 23.2 Å². The summed E-state index contributed by atoms with van der Waals surface area (Å²) in [6, 6.07) is 6.11. The molecule has 0 aliphatic carbocycles. The third-order valence-corrected chi connectivity index (χ3v) is 4.60. The van der Waals surface area contributed by atoms with Gasteiger partial charge in [-0.1, -0.05) is 36.2 Å². The van der Waals surface area contributed by atoms with Crippen molar-refractivity contribution in [3.63, 3.8) is 0 Å². The first-order chi connectivity index (χ1) is 8.63. The fourth-order valence-electron chi connectivity index (χ4n) is 2.80. The zero-order chi connectivity index (χ0) is 13.1. The smallest absolute Gasteiger partial charge is 0.0465 e. The fraction of sp³-hybridized carbons (Fsp3) is 0.571. The molecule has 4 heteroatoms. The molecule has 1 aliphatic rings. The molecule has 0 radical (unpaired) electrons. The molecule has 1 aromatic carbocycles. The van der Waals surface area contributed by atoms with E-state index in [4.69, 9.17) is 28.9 Å². The number of benzene rings is 1. The molecule has 0 bridgehead atoms. The maximum atomic E-state index is 6.23. The van der Waals surface area contributed by atoms with Crippen LogP contribution in [-0.4, -0.2) is 24.0 Å². The summed E-state index contributed by atoms with van der Waals surface area (Å²) in [4.78, 5) is 2.42. The molecule has 0 saturated carbocycles. The minimum Gasteiger partial charge on any atom is -0.329 e. The van der Waals surface area contributed by atoms with Crippen LogP contribution in [0.3, 0.4) is 0 Å². The van der Waals surface area contributed by atoms with E-state index >= 15 is 0 Å². The minimum absolute atomic E-state index is 0.436. The van der Waals surface area contributed by atoms with Crippen LogP contribution >= 0.6 is 23.2 Å². The van der Waals surface area contributed by atoms with Gasteiger partial charge >= 0.3 is 0 Å². The van der Waals surface area contributed by atoms with E-state index < -0.39 is 0 Å². The molecule has 2 unspecified atom stereocenters. The van der Waals surface area contributed by atoms with E-state index in [1.807, 2.05) is 18.2 Å². The van der Waals surface area contributed by atoms with Crippen LogP contribution in [0.5, 0.6) is 0 Å². The van der Waals surface area contributed by atoms with E-state index in [1.165, 1.54) is 12.8 Å². The molecular weight excluding hydrogens is 267 g/mol. The van der Waals surface area contributed by atoms with Gasteiger partial charge in [-0.05, 0) is 37.4 Å². The maximum absolute atomic E-state index is 6.23. The largest absolute Gasteiger partial charge is 0.329 e. The molecule has 1 saturated heterocycles. The Hall–Kier alpha value is -0.280. The summed E-state index contributed by atoms with van der Waals surface area (Å²) < 4.78 is 0. The van der Waals surface area contributed by atoms with Crippen LogP contribution in [0.4, 0.5) is 0 Å². The Morgan fingerprint density at radius 3 is 2.61 bits per heavy atom. The van der Waals surface area contributed by atoms with Gasteiger partial charge in [-0.3, -0.25) is 4.90 Å². The van der Waals surface area contributed by atoms with E-state index in [2.05, 4.69) is 11.8 Å². The summed E-state index contributed by atoms with van der Waals surface area (Å²) in [6.45, 7) is 4.85. The number of piperidine rings is 1. The summed E-state index contributed by atoms with van der Waals surface area (Å²) in [5, 5.41) is 1.49. The Kier molecular flexibility index (Phi) is 4.91. The lowest BCUT2D eigenvalue weighted by atomic mass is 9.90. The quantitative estimate of drug-likeness (QED) is 0.921. The topological polar surface area (TPSA) is 29.3 Å². The third-order valence-electron chi connectivity index (χ3n) is 3.90. The Bertz CT molecular complexity index is 389. The predicted molar refractivity (Wildman–Crippen MR) is 78.1 cm³/mol. The van der Waals surface area contributed by atoms with Crippen molar-refractivity contribution in [2.24, 2.45) is 11.7 Å². The normalized spacial score (nSPS) is 25.3. The Labute approximate surface area is 119 Å². The summed E-state index contributed by atoms with van der Waals surface area (Å²) in [7, 11) is 0. The van der Waals surface area contributed by atoms with E-state index in [-0.39, 0.29) is 0 Å². The number of halogens is 2. The lowest BCUT2D eigenvalue weighted by molar-refractivity contribution is 0.0991. The number of rotatable bonds is 3. The second kappa shape index (κ2) is 6.25. The van der Waals surface area contributed by atoms with Crippen LogP contribution in [0.25, 0.3) is 0 Å². The molecule has 2 atom stereocenters. The van der Waals surface area contributed by atoms with Gasteiger partial charge in [0, 0.05) is 34.7 Å². The van der Waals surface area contributed by atoms with Crippen molar-refractivity contribution in [3.8, 4) is 0 Å². The second-order valence-electron chi connectivity index (χ2n) is 5.09. The van der Waals surface area contributed by atoms with Crippen LogP contribution < -0.4 is 5.73 Å². The van der Waals surface area contributed by atoms with Gasteiger partial charge in [-0.15, -0.1) is 0 Å². The average Bonchev–Trinajstić information content (AvgIpc) is 2.34. The highest BCUT2D eigenvalue weighted by Crippen LogP contribution is 2.29. The first kappa shape index (κ1) is 14.1. The standard InChI is InChI=1S/C14H20Cl2N2/c1-10-4-3-7-18(14(10)8-17)9-11-12(15)5-2-6-13(11)16/h2,5-6,10,14H,3-4,7-9,17H2,1H3. The zero-order valence-corrected chi connectivity index (χ0v) is 12.2. The van der Waals surface area contributed by atoms with Crippen LogP contribution in [0.2, 0.25) is 10.0 Å². The molecule has 0 spiro atoms. The van der Waals surface area contributed by atoms with E-state index in [0.717, 1.165) is 28.7 Å². The first-order valence-corrected chi connectivity index (χ1v) is 7.26. The first-order valence-electron chi connectivity index (χ1n) is 6.50. The van der Waals surface area contributed by atoms with Crippen molar-refractivity contribution in [1.82, 2.24) is 4.90 Å². The van der Waals surface area contributed by atoms with Gasteiger partial charge in [0.15, 0.2) is 0 Å². The van der Waals surface area contributed by atoms with Crippen LogP contribution in [-0.2, 0) is 6.54 Å². The molecule has 0 aromatic heterocycles. The highest BCUT2D eigenvalue weighted by molar-refractivity contribution is 6.35. The van der Waals surface area contributed by atoms with E-state index in [0.29, 0.717) is 18.5 Å². The third kappa shape index (κ3) is 3.00. The molecule has 2 N–H and O–H groups in total. The average molecular weight is 287 g/mol. The molecule has 0 amide bonds. The van der Waals surface area contributed by atoms with Gasteiger partial charge < -0.3 is 5.73 Å². The van der Waals surface area contributed by atoms with Crippen molar-refractivity contribution in [1.29, 1.82) is 0 Å². The van der Waals surface area contributed by atoms with Gasteiger partial charge in [0.2, 0.25) is 0 Å². The molecule has 1 fully saturated rings. The number of hydrogen-bond acceptors (Lipinski definition) is 2. The summed E-state index contributed by atoms with van der Waals surface area (Å²) in [6.07, 6.45) is 2.48. The van der Waals surface area contributed by atoms with Gasteiger partial charge in [-0.25, -0.2) is 0 Å².